The number of nitrogens with two attached hydrogens (primary N) is 1. The van der Waals surface area contributed by atoms with E-state index in [0.29, 0.717) is 17.8 Å². The summed E-state index contributed by atoms with van der Waals surface area (Å²) in [6, 6.07) is 15.0. The second-order valence-corrected chi connectivity index (χ2v) is 5.19. The first-order chi connectivity index (χ1) is 9.09. The molecule has 0 unspecified atom stereocenters. The molecule has 2 N–H and O–H groups in total. The van der Waals surface area contributed by atoms with Gasteiger partial charge < -0.3 is 10.6 Å². The van der Waals surface area contributed by atoms with E-state index in [1.165, 1.54) is 0 Å². The van der Waals surface area contributed by atoms with Crippen molar-refractivity contribution < 1.29 is 4.79 Å². The van der Waals surface area contributed by atoms with E-state index in [9.17, 15) is 4.79 Å². The second-order valence-electron chi connectivity index (χ2n) is 4.34. The minimum atomic E-state index is -0.0317. The molecule has 0 aromatic heterocycles. The molecule has 2 aromatic carbocycles. The lowest BCUT2D eigenvalue weighted by Gasteiger charge is -2.19. The van der Waals surface area contributed by atoms with Crippen molar-refractivity contribution in [2.75, 3.05) is 12.8 Å². The van der Waals surface area contributed by atoms with Crippen LogP contribution in [0.5, 0.6) is 0 Å². The molecule has 0 saturated carbocycles. The number of halogens is 1. The Bertz CT molecular complexity index is 598. The molecule has 3 nitrogen and oxygen atoms in total. The predicted octanol–water partition coefficient (Wildman–Crippen LogP) is 3.30. The van der Waals surface area contributed by atoms with Crippen molar-refractivity contribution in [3.63, 3.8) is 0 Å². The second kappa shape index (κ2) is 5.89. The average molecular weight is 319 g/mol. The number of nitrogens with zero attached hydrogens (tertiary/aromatic N) is 1. The van der Waals surface area contributed by atoms with Gasteiger partial charge in [0.2, 0.25) is 0 Å². The third-order valence-electron chi connectivity index (χ3n) is 2.91. The van der Waals surface area contributed by atoms with E-state index in [4.69, 9.17) is 5.73 Å². The van der Waals surface area contributed by atoms with E-state index in [2.05, 4.69) is 15.9 Å². The summed E-state index contributed by atoms with van der Waals surface area (Å²) in [4.78, 5) is 14.0. The first-order valence-corrected chi connectivity index (χ1v) is 6.72. The van der Waals surface area contributed by atoms with Crippen LogP contribution in [-0.2, 0) is 6.54 Å². The van der Waals surface area contributed by atoms with Gasteiger partial charge in [-0.05, 0) is 39.7 Å². The van der Waals surface area contributed by atoms with Gasteiger partial charge in [0.1, 0.15) is 0 Å². The number of hydrogen-bond acceptors (Lipinski definition) is 2. The lowest BCUT2D eigenvalue weighted by molar-refractivity contribution is 0.0784. The number of nitrogen functional groups attached to an aromatic ring is 1. The Hall–Kier alpha value is -1.81. The smallest absolute Gasteiger partial charge is 0.255 e. The number of para-hydroxylation sites is 1. The van der Waals surface area contributed by atoms with Crippen molar-refractivity contribution in [3.8, 4) is 0 Å². The topological polar surface area (TPSA) is 46.3 Å². The molecule has 4 heteroatoms. The summed E-state index contributed by atoms with van der Waals surface area (Å²) in [5.74, 6) is -0.0317. The molecule has 0 radical (unpaired) electrons. The first-order valence-electron chi connectivity index (χ1n) is 5.93. The molecule has 0 aliphatic rings. The van der Waals surface area contributed by atoms with Crippen molar-refractivity contribution in [1.82, 2.24) is 4.90 Å². The minimum Gasteiger partial charge on any atom is -0.398 e. The molecule has 0 atom stereocenters. The molecule has 98 valence electrons. The van der Waals surface area contributed by atoms with Gasteiger partial charge in [-0.25, -0.2) is 0 Å². The van der Waals surface area contributed by atoms with Crippen molar-refractivity contribution in [3.05, 3.63) is 64.1 Å². The summed E-state index contributed by atoms with van der Waals surface area (Å²) in [6.07, 6.45) is 0. The molecule has 0 spiro atoms. The number of anilines is 1. The zero-order chi connectivity index (χ0) is 13.8. The quantitative estimate of drug-likeness (QED) is 0.882. The van der Waals surface area contributed by atoms with Gasteiger partial charge >= 0.3 is 0 Å². The molecule has 0 saturated heterocycles. The van der Waals surface area contributed by atoms with Gasteiger partial charge in [-0.15, -0.1) is 0 Å². The molecular weight excluding hydrogens is 304 g/mol. The van der Waals surface area contributed by atoms with Crippen LogP contribution in [0.4, 0.5) is 5.69 Å². The molecule has 0 fully saturated rings. The Labute approximate surface area is 121 Å². The van der Waals surface area contributed by atoms with Crippen LogP contribution in [0.15, 0.2) is 53.0 Å². The van der Waals surface area contributed by atoms with E-state index in [0.717, 1.165) is 10.0 Å². The molecule has 0 bridgehead atoms. The van der Waals surface area contributed by atoms with Crippen molar-refractivity contribution in [1.29, 1.82) is 0 Å². The Morgan fingerprint density at radius 1 is 1.16 bits per heavy atom. The lowest BCUT2D eigenvalue weighted by Crippen LogP contribution is -2.26. The van der Waals surface area contributed by atoms with E-state index in [-0.39, 0.29) is 5.91 Å². The number of carbonyl (C=O) groups is 1. The number of hydrogen-bond donors (Lipinski definition) is 1. The number of amides is 1. The van der Waals surface area contributed by atoms with Crippen LogP contribution >= 0.6 is 15.9 Å². The summed E-state index contributed by atoms with van der Waals surface area (Å²) in [5.41, 5.74) is 8.20. The molecule has 0 heterocycles. The summed E-state index contributed by atoms with van der Waals surface area (Å²) in [6.45, 7) is 0.493. The summed E-state index contributed by atoms with van der Waals surface area (Å²) in [5, 5.41) is 0. The predicted molar refractivity (Wildman–Crippen MR) is 80.8 cm³/mol. The zero-order valence-electron chi connectivity index (χ0n) is 10.6. The van der Waals surface area contributed by atoms with E-state index in [1.54, 1.807) is 18.0 Å². The van der Waals surface area contributed by atoms with Gasteiger partial charge in [0.15, 0.2) is 0 Å². The van der Waals surface area contributed by atoms with Crippen molar-refractivity contribution in [2.45, 2.75) is 6.54 Å². The fourth-order valence-electron chi connectivity index (χ4n) is 1.85. The monoisotopic (exact) mass is 318 g/mol. The van der Waals surface area contributed by atoms with Gasteiger partial charge in [-0.3, -0.25) is 4.79 Å². The standard InChI is InChI=1S/C15H15BrN2O/c1-18(10-11-6-2-5-9-14(11)17)15(19)12-7-3-4-8-13(12)16/h2-9H,10,17H2,1H3. The maximum atomic E-state index is 12.3. The van der Waals surface area contributed by atoms with Crippen molar-refractivity contribution in [2.24, 2.45) is 0 Å². The third-order valence-corrected chi connectivity index (χ3v) is 3.61. The van der Waals surface area contributed by atoms with Crippen LogP contribution in [-0.4, -0.2) is 17.9 Å². The van der Waals surface area contributed by atoms with E-state index >= 15 is 0 Å². The number of carbonyl (C=O) groups excluding carboxylic acids is 1. The minimum absolute atomic E-state index is 0.0317. The highest BCUT2D eigenvalue weighted by atomic mass is 79.9. The molecular formula is C15H15BrN2O. The Kier molecular flexibility index (Phi) is 4.22. The molecule has 19 heavy (non-hydrogen) atoms. The maximum absolute atomic E-state index is 12.3. The highest BCUT2D eigenvalue weighted by Crippen LogP contribution is 2.19. The fraction of sp³-hybridized carbons (Fsp3) is 0.133. The lowest BCUT2D eigenvalue weighted by atomic mass is 10.1. The maximum Gasteiger partial charge on any atom is 0.255 e. The molecule has 1 amide bonds. The van der Waals surface area contributed by atoms with Crippen LogP contribution in [0.2, 0.25) is 0 Å². The van der Waals surface area contributed by atoms with Gasteiger partial charge in [-0.1, -0.05) is 30.3 Å². The highest BCUT2D eigenvalue weighted by Gasteiger charge is 2.15. The van der Waals surface area contributed by atoms with Crippen LogP contribution in [0.25, 0.3) is 0 Å². The fourth-order valence-corrected chi connectivity index (χ4v) is 2.30. The number of benzene rings is 2. The Balaban J connectivity index is 2.17. The SMILES string of the molecule is CN(Cc1ccccc1N)C(=O)c1ccccc1Br. The van der Waals surface area contributed by atoms with Crippen LogP contribution < -0.4 is 5.73 Å². The summed E-state index contributed by atoms with van der Waals surface area (Å²) in [7, 11) is 1.77. The van der Waals surface area contributed by atoms with Gasteiger partial charge in [-0.2, -0.15) is 0 Å². The average Bonchev–Trinajstić information content (AvgIpc) is 2.41. The van der Waals surface area contributed by atoms with Gasteiger partial charge in [0.25, 0.3) is 5.91 Å². The molecule has 2 aromatic rings. The highest BCUT2D eigenvalue weighted by molar-refractivity contribution is 9.10. The first kappa shape index (κ1) is 13.6. The molecule has 2 rings (SSSR count). The van der Waals surface area contributed by atoms with Gasteiger partial charge in [0, 0.05) is 23.8 Å². The van der Waals surface area contributed by atoms with Gasteiger partial charge in [0.05, 0.1) is 5.56 Å². The molecule has 0 aliphatic heterocycles. The summed E-state index contributed by atoms with van der Waals surface area (Å²) >= 11 is 3.39. The van der Waals surface area contributed by atoms with Crippen molar-refractivity contribution >= 4 is 27.5 Å². The third kappa shape index (κ3) is 3.15. The molecule has 0 aliphatic carbocycles. The Morgan fingerprint density at radius 3 is 2.47 bits per heavy atom. The van der Waals surface area contributed by atoms with E-state index < -0.39 is 0 Å². The number of rotatable bonds is 3. The normalized spacial score (nSPS) is 10.2. The van der Waals surface area contributed by atoms with Crippen LogP contribution in [0.1, 0.15) is 15.9 Å². The van der Waals surface area contributed by atoms with Crippen LogP contribution in [0.3, 0.4) is 0 Å². The summed E-state index contributed by atoms with van der Waals surface area (Å²) < 4.78 is 0.799. The Morgan fingerprint density at radius 2 is 1.79 bits per heavy atom. The van der Waals surface area contributed by atoms with E-state index in [1.807, 2.05) is 42.5 Å². The van der Waals surface area contributed by atoms with Crippen LogP contribution in [0, 0.1) is 0 Å². The zero-order valence-corrected chi connectivity index (χ0v) is 12.2. The largest absolute Gasteiger partial charge is 0.398 e.